The van der Waals surface area contributed by atoms with Crippen LogP contribution >= 0.6 is 11.8 Å². The Hall–Kier alpha value is -1.07. The van der Waals surface area contributed by atoms with E-state index in [1.165, 1.54) is 84.0 Å². The van der Waals surface area contributed by atoms with Gasteiger partial charge in [0.05, 0.1) is 4.90 Å². The van der Waals surface area contributed by atoms with Crippen LogP contribution in [-0.2, 0) is 6.54 Å². The highest BCUT2D eigenvalue weighted by Gasteiger charge is 2.14. The Kier molecular flexibility index (Phi) is 9.51. The van der Waals surface area contributed by atoms with Gasteiger partial charge in [-0.25, -0.2) is 0 Å². The molecule has 0 amide bonds. The lowest BCUT2D eigenvalue weighted by atomic mass is 9.85. The van der Waals surface area contributed by atoms with Crippen LogP contribution in [0.25, 0.3) is 10.9 Å². The number of aromatic nitrogens is 1. The summed E-state index contributed by atoms with van der Waals surface area (Å²) >= 11 is 1.87. The lowest BCUT2D eigenvalue weighted by Gasteiger charge is -2.21. The third-order valence-corrected chi connectivity index (χ3v) is 7.24. The van der Waals surface area contributed by atoms with Crippen LogP contribution < -0.4 is 28.5 Å². The van der Waals surface area contributed by atoms with E-state index < -0.39 is 0 Å². The minimum absolute atomic E-state index is 0. The molecule has 0 saturated heterocycles. The van der Waals surface area contributed by atoms with Gasteiger partial charge in [-0.1, -0.05) is 86.5 Å². The summed E-state index contributed by atoms with van der Waals surface area (Å²) < 4.78 is 2.48. The molecule has 1 aliphatic rings. The molecule has 1 aliphatic carbocycles. The van der Waals surface area contributed by atoms with E-state index in [0.29, 0.717) is 0 Å². The van der Waals surface area contributed by atoms with Gasteiger partial charge in [-0.3, -0.25) is 0 Å². The predicted molar refractivity (Wildman–Crippen MR) is 124 cm³/mol. The molecule has 1 aromatic heterocycles. The normalized spacial score (nSPS) is 14.6. The van der Waals surface area contributed by atoms with Crippen molar-refractivity contribution in [2.24, 2.45) is 5.92 Å². The fourth-order valence-corrected chi connectivity index (χ4v) is 5.74. The smallest absolute Gasteiger partial charge is 0.212 e. The SMILES string of the molecule is Cc1cccc(Sc2cc3ccccc3[n+](CCCCCC3CCCCC3)c2)c1.[I-]. The Morgan fingerprint density at radius 1 is 0.867 bits per heavy atom. The van der Waals surface area contributed by atoms with Gasteiger partial charge in [-0.05, 0) is 43.5 Å². The number of unbranched alkanes of at least 4 members (excludes halogenated alkanes) is 2. The van der Waals surface area contributed by atoms with Crippen molar-refractivity contribution in [1.29, 1.82) is 0 Å². The second kappa shape index (κ2) is 12.1. The maximum Gasteiger partial charge on any atom is 0.212 e. The molecule has 160 valence electrons. The third kappa shape index (κ3) is 6.71. The van der Waals surface area contributed by atoms with Gasteiger partial charge in [0, 0.05) is 22.8 Å². The molecule has 3 aromatic rings. The van der Waals surface area contributed by atoms with Crippen molar-refractivity contribution < 1.29 is 28.5 Å². The van der Waals surface area contributed by atoms with E-state index >= 15 is 0 Å². The summed E-state index contributed by atoms with van der Waals surface area (Å²) in [6.45, 7) is 3.28. The van der Waals surface area contributed by atoms with E-state index in [1.54, 1.807) is 0 Å². The molecule has 0 atom stereocenters. The van der Waals surface area contributed by atoms with Crippen LogP contribution in [0.15, 0.2) is 70.6 Å². The minimum atomic E-state index is 0. The zero-order valence-electron chi connectivity index (χ0n) is 18.2. The average Bonchev–Trinajstić information content (AvgIpc) is 2.74. The molecular weight excluding hydrogens is 497 g/mol. The van der Waals surface area contributed by atoms with Gasteiger partial charge in [0.15, 0.2) is 6.20 Å². The second-order valence-corrected chi connectivity index (χ2v) is 9.85. The Balaban J connectivity index is 0.00000256. The zero-order chi connectivity index (χ0) is 19.9. The number of halogens is 1. The van der Waals surface area contributed by atoms with Crippen molar-refractivity contribution in [1.82, 2.24) is 0 Å². The maximum absolute atomic E-state index is 2.48. The van der Waals surface area contributed by atoms with Crippen molar-refractivity contribution >= 4 is 22.7 Å². The van der Waals surface area contributed by atoms with Gasteiger partial charge in [0.1, 0.15) is 6.54 Å². The van der Waals surface area contributed by atoms with Gasteiger partial charge < -0.3 is 24.0 Å². The molecule has 4 rings (SSSR count). The highest BCUT2D eigenvalue weighted by molar-refractivity contribution is 7.99. The van der Waals surface area contributed by atoms with Crippen LogP contribution in [0.1, 0.15) is 63.4 Å². The monoisotopic (exact) mass is 531 g/mol. The number of hydrogen-bond acceptors (Lipinski definition) is 1. The Morgan fingerprint density at radius 3 is 2.53 bits per heavy atom. The molecule has 0 N–H and O–H groups in total. The van der Waals surface area contributed by atoms with Crippen LogP contribution in [0.4, 0.5) is 0 Å². The fraction of sp³-hybridized carbons (Fsp3) is 0.444. The molecule has 2 aromatic carbocycles. The Bertz CT molecular complexity index is 933. The lowest BCUT2D eigenvalue weighted by Crippen LogP contribution is -3.00. The summed E-state index contributed by atoms with van der Waals surface area (Å²) in [6, 6.07) is 20.0. The minimum Gasteiger partial charge on any atom is -1.00 e. The highest BCUT2D eigenvalue weighted by Crippen LogP contribution is 2.30. The topological polar surface area (TPSA) is 3.88 Å². The highest BCUT2D eigenvalue weighted by atomic mass is 127. The van der Waals surface area contributed by atoms with E-state index in [9.17, 15) is 0 Å². The van der Waals surface area contributed by atoms with Crippen LogP contribution in [0.2, 0.25) is 0 Å². The van der Waals surface area contributed by atoms with E-state index in [2.05, 4.69) is 72.3 Å². The summed E-state index contributed by atoms with van der Waals surface area (Å²) in [7, 11) is 0. The average molecular weight is 532 g/mol. The Labute approximate surface area is 203 Å². The summed E-state index contributed by atoms with van der Waals surface area (Å²) in [4.78, 5) is 2.65. The van der Waals surface area contributed by atoms with Crippen molar-refractivity contribution in [3.8, 4) is 0 Å². The summed E-state index contributed by atoms with van der Waals surface area (Å²) in [6.07, 6.45) is 15.2. The molecular formula is C27H34INS. The molecule has 0 unspecified atom stereocenters. The number of fused-ring (bicyclic) bond motifs is 1. The number of pyridine rings is 1. The van der Waals surface area contributed by atoms with Crippen molar-refractivity contribution in [3.05, 3.63) is 66.4 Å². The maximum atomic E-state index is 2.48. The fourth-order valence-electron chi connectivity index (χ4n) is 4.71. The number of benzene rings is 2. The molecule has 1 heterocycles. The zero-order valence-corrected chi connectivity index (χ0v) is 21.1. The number of rotatable bonds is 8. The van der Waals surface area contributed by atoms with E-state index in [-0.39, 0.29) is 24.0 Å². The van der Waals surface area contributed by atoms with Gasteiger partial charge in [0.2, 0.25) is 5.52 Å². The van der Waals surface area contributed by atoms with Gasteiger partial charge in [0.25, 0.3) is 0 Å². The first kappa shape index (κ1) is 23.6. The number of nitrogens with zero attached hydrogens (tertiary/aromatic N) is 1. The molecule has 0 aliphatic heterocycles. The van der Waals surface area contributed by atoms with Crippen LogP contribution in [0, 0.1) is 12.8 Å². The van der Waals surface area contributed by atoms with Crippen LogP contribution in [0.5, 0.6) is 0 Å². The van der Waals surface area contributed by atoms with Crippen molar-refractivity contribution in [3.63, 3.8) is 0 Å². The molecule has 1 fully saturated rings. The summed E-state index contributed by atoms with van der Waals surface area (Å²) in [5.41, 5.74) is 2.68. The molecule has 30 heavy (non-hydrogen) atoms. The molecule has 0 spiro atoms. The van der Waals surface area contributed by atoms with Gasteiger partial charge in [-0.2, -0.15) is 4.57 Å². The Morgan fingerprint density at radius 2 is 1.70 bits per heavy atom. The first-order chi connectivity index (χ1) is 14.3. The first-order valence-electron chi connectivity index (χ1n) is 11.4. The van der Waals surface area contributed by atoms with E-state index in [1.807, 2.05) is 11.8 Å². The predicted octanol–water partition coefficient (Wildman–Crippen LogP) is 4.73. The van der Waals surface area contributed by atoms with E-state index in [4.69, 9.17) is 0 Å². The molecule has 0 radical (unpaired) electrons. The molecule has 0 bridgehead atoms. The quantitative estimate of drug-likeness (QED) is 0.231. The number of aryl methyl sites for hydroxylation is 2. The first-order valence-corrected chi connectivity index (χ1v) is 12.3. The molecule has 1 nitrogen and oxygen atoms in total. The number of hydrogen-bond donors (Lipinski definition) is 0. The van der Waals surface area contributed by atoms with Gasteiger partial charge in [-0.15, -0.1) is 0 Å². The summed E-state index contributed by atoms with van der Waals surface area (Å²) in [5.74, 6) is 1.02. The summed E-state index contributed by atoms with van der Waals surface area (Å²) in [5, 5.41) is 1.34. The van der Waals surface area contributed by atoms with Crippen LogP contribution in [-0.4, -0.2) is 0 Å². The standard InChI is InChI=1S/C27H34NS.HI/c1-22-11-10-16-25(19-22)29-26-20-24-15-7-8-17-27(24)28(21-26)18-9-3-6-14-23-12-4-2-5-13-23;/h7-8,10-11,15-17,19-21,23H,2-6,9,12-14,18H2,1H3;1H/q+1;/p-1. The van der Waals surface area contributed by atoms with E-state index in [0.717, 1.165) is 12.5 Å². The largest absolute Gasteiger partial charge is 1.00 e. The molecule has 1 saturated carbocycles. The third-order valence-electron chi connectivity index (χ3n) is 6.29. The lowest BCUT2D eigenvalue weighted by molar-refractivity contribution is -0.673. The van der Waals surface area contributed by atoms with Gasteiger partial charge >= 0.3 is 0 Å². The van der Waals surface area contributed by atoms with Crippen molar-refractivity contribution in [2.45, 2.75) is 81.0 Å². The second-order valence-electron chi connectivity index (χ2n) is 8.70. The molecule has 3 heteroatoms. The number of para-hydroxylation sites is 1. The van der Waals surface area contributed by atoms with Crippen LogP contribution in [0.3, 0.4) is 0 Å². The van der Waals surface area contributed by atoms with Crippen molar-refractivity contribution in [2.75, 3.05) is 0 Å².